The van der Waals surface area contributed by atoms with Crippen molar-refractivity contribution < 1.29 is 19.1 Å². The normalized spacial score (nSPS) is 23.9. The molecule has 0 bridgehead atoms. The molecular weight excluding hydrogens is 372 g/mol. The Morgan fingerprint density at radius 3 is 2.83 bits per heavy atom. The molecule has 1 aromatic heterocycles. The number of rotatable bonds is 5. The summed E-state index contributed by atoms with van der Waals surface area (Å²) in [7, 11) is 0. The zero-order valence-electron chi connectivity index (χ0n) is 17.8. The average molecular weight is 405 g/mol. The third-order valence-corrected chi connectivity index (χ3v) is 5.23. The van der Waals surface area contributed by atoms with Crippen molar-refractivity contribution in [1.82, 2.24) is 20.4 Å². The number of alkyl carbamates (subject to hydrolysis) is 1. The van der Waals surface area contributed by atoms with Gasteiger partial charge in [0.2, 0.25) is 0 Å². The fourth-order valence-electron chi connectivity index (χ4n) is 3.60. The molecule has 2 aliphatic rings. The highest BCUT2D eigenvalue weighted by atomic mass is 16.6. The number of amides is 2. The van der Waals surface area contributed by atoms with Crippen LogP contribution in [0.15, 0.2) is 18.3 Å². The van der Waals surface area contributed by atoms with Gasteiger partial charge in [-0.25, -0.2) is 4.79 Å². The quantitative estimate of drug-likeness (QED) is 0.735. The lowest BCUT2D eigenvalue weighted by molar-refractivity contribution is -0.0193. The molecule has 0 saturated heterocycles. The van der Waals surface area contributed by atoms with Gasteiger partial charge in [-0.1, -0.05) is 12.2 Å². The molecule has 2 unspecified atom stereocenters. The number of aryl methyl sites for hydroxylation is 1. The molecule has 0 saturated carbocycles. The van der Waals surface area contributed by atoms with Gasteiger partial charge in [-0.05, 0) is 52.9 Å². The molecule has 3 heterocycles. The van der Waals surface area contributed by atoms with E-state index in [-0.39, 0.29) is 17.4 Å². The number of aromatic nitrogens is 2. The van der Waals surface area contributed by atoms with Gasteiger partial charge in [0.15, 0.2) is 0 Å². The lowest BCUT2D eigenvalue weighted by Gasteiger charge is -2.31. The SMILES string of the molecule is CC(C)(C)OC(=O)NCC1CCn2ncc(C(=O)NCC3(C)CC=CCO3)c2C1. The minimum atomic E-state index is -0.519. The Labute approximate surface area is 172 Å². The summed E-state index contributed by atoms with van der Waals surface area (Å²) in [5, 5.41) is 10.2. The summed E-state index contributed by atoms with van der Waals surface area (Å²) >= 11 is 0. The van der Waals surface area contributed by atoms with Crippen molar-refractivity contribution in [3.05, 3.63) is 29.6 Å². The van der Waals surface area contributed by atoms with Crippen molar-refractivity contribution in [2.75, 3.05) is 19.7 Å². The Kier molecular flexibility index (Phi) is 6.31. The molecule has 2 atom stereocenters. The summed E-state index contributed by atoms with van der Waals surface area (Å²) in [6, 6.07) is 0. The first kappa shape index (κ1) is 21.4. The fourth-order valence-corrected chi connectivity index (χ4v) is 3.60. The van der Waals surface area contributed by atoms with E-state index in [0.717, 1.165) is 25.1 Å². The van der Waals surface area contributed by atoms with Gasteiger partial charge in [-0.15, -0.1) is 0 Å². The van der Waals surface area contributed by atoms with Crippen LogP contribution < -0.4 is 10.6 Å². The summed E-state index contributed by atoms with van der Waals surface area (Å²) < 4.78 is 13.0. The second-order valence-electron chi connectivity index (χ2n) is 9.09. The van der Waals surface area contributed by atoms with E-state index in [1.54, 1.807) is 6.20 Å². The van der Waals surface area contributed by atoms with Crippen molar-refractivity contribution in [2.45, 2.75) is 64.7 Å². The second kappa shape index (κ2) is 8.57. The largest absolute Gasteiger partial charge is 0.444 e. The predicted octanol–water partition coefficient (Wildman–Crippen LogP) is 2.44. The monoisotopic (exact) mass is 404 g/mol. The smallest absolute Gasteiger partial charge is 0.407 e. The van der Waals surface area contributed by atoms with E-state index < -0.39 is 11.7 Å². The van der Waals surface area contributed by atoms with Crippen LogP contribution in [0.2, 0.25) is 0 Å². The van der Waals surface area contributed by atoms with Gasteiger partial charge in [0, 0.05) is 19.6 Å². The van der Waals surface area contributed by atoms with Crippen molar-refractivity contribution in [1.29, 1.82) is 0 Å². The molecule has 2 aliphatic heterocycles. The highest BCUT2D eigenvalue weighted by Gasteiger charge is 2.29. The second-order valence-corrected chi connectivity index (χ2v) is 9.09. The van der Waals surface area contributed by atoms with Crippen LogP contribution >= 0.6 is 0 Å². The van der Waals surface area contributed by atoms with Gasteiger partial charge in [-0.3, -0.25) is 9.48 Å². The van der Waals surface area contributed by atoms with Gasteiger partial charge < -0.3 is 20.1 Å². The lowest BCUT2D eigenvalue weighted by atomic mass is 9.94. The number of fused-ring (bicyclic) bond motifs is 1. The number of ether oxygens (including phenoxy) is 2. The van der Waals surface area contributed by atoms with Gasteiger partial charge in [-0.2, -0.15) is 5.10 Å². The summed E-state index contributed by atoms with van der Waals surface area (Å²) in [6.45, 7) is 9.78. The summed E-state index contributed by atoms with van der Waals surface area (Å²) in [4.78, 5) is 24.7. The minimum absolute atomic E-state index is 0.133. The van der Waals surface area contributed by atoms with Gasteiger partial charge in [0.25, 0.3) is 5.91 Å². The molecule has 0 fully saturated rings. The van der Waals surface area contributed by atoms with Crippen LogP contribution in [0.4, 0.5) is 4.79 Å². The third-order valence-electron chi connectivity index (χ3n) is 5.23. The molecule has 0 radical (unpaired) electrons. The summed E-state index contributed by atoms with van der Waals surface area (Å²) in [5.74, 6) is 0.106. The van der Waals surface area contributed by atoms with E-state index in [9.17, 15) is 9.59 Å². The van der Waals surface area contributed by atoms with Crippen molar-refractivity contribution in [3.8, 4) is 0 Å². The maximum Gasteiger partial charge on any atom is 0.407 e. The standard InChI is InChI=1S/C21H32N4O4/c1-20(2,3)29-19(27)22-12-15-7-9-25-17(11-15)16(13-24-25)18(26)23-14-21(4)8-5-6-10-28-21/h5-6,13,15H,7-12,14H2,1-4H3,(H,22,27)(H,23,26). The van der Waals surface area contributed by atoms with E-state index in [1.807, 2.05) is 38.5 Å². The van der Waals surface area contributed by atoms with Crippen LogP contribution in [0.3, 0.4) is 0 Å². The molecule has 0 aromatic carbocycles. The maximum atomic E-state index is 12.8. The number of nitrogens with one attached hydrogen (secondary N) is 2. The van der Waals surface area contributed by atoms with Crippen molar-refractivity contribution in [2.24, 2.45) is 5.92 Å². The number of carbonyl (C=O) groups is 2. The predicted molar refractivity (Wildman–Crippen MR) is 109 cm³/mol. The van der Waals surface area contributed by atoms with Crippen LogP contribution in [0.25, 0.3) is 0 Å². The molecule has 160 valence electrons. The highest BCUT2D eigenvalue weighted by Crippen LogP contribution is 2.24. The number of hydrogen-bond acceptors (Lipinski definition) is 5. The minimum Gasteiger partial charge on any atom is -0.444 e. The van der Waals surface area contributed by atoms with Crippen LogP contribution in [0, 0.1) is 5.92 Å². The molecular formula is C21H32N4O4. The first-order valence-electron chi connectivity index (χ1n) is 10.2. The first-order valence-corrected chi connectivity index (χ1v) is 10.2. The maximum absolute atomic E-state index is 12.8. The molecule has 2 N–H and O–H groups in total. The van der Waals surface area contributed by atoms with Crippen LogP contribution in [0.1, 0.15) is 56.6 Å². The molecule has 3 rings (SSSR count). The molecule has 8 nitrogen and oxygen atoms in total. The van der Waals surface area contributed by atoms with E-state index in [4.69, 9.17) is 9.47 Å². The van der Waals surface area contributed by atoms with E-state index in [2.05, 4.69) is 21.8 Å². The van der Waals surface area contributed by atoms with E-state index >= 15 is 0 Å². The molecule has 29 heavy (non-hydrogen) atoms. The molecule has 0 spiro atoms. The Hall–Kier alpha value is -2.35. The lowest BCUT2D eigenvalue weighted by Crippen LogP contribution is -2.44. The fraction of sp³-hybridized carbons (Fsp3) is 0.667. The zero-order valence-corrected chi connectivity index (χ0v) is 17.8. The number of nitrogens with zero attached hydrogens (tertiary/aromatic N) is 2. The molecule has 8 heteroatoms. The zero-order chi connectivity index (χ0) is 21.1. The topological polar surface area (TPSA) is 94.5 Å². The van der Waals surface area contributed by atoms with Gasteiger partial charge in [0.05, 0.1) is 29.7 Å². The average Bonchev–Trinajstić information content (AvgIpc) is 3.07. The van der Waals surface area contributed by atoms with Crippen LogP contribution in [-0.4, -0.2) is 52.7 Å². The number of carbonyl (C=O) groups excluding carboxylic acids is 2. The number of hydrogen-bond donors (Lipinski definition) is 2. The third kappa shape index (κ3) is 5.82. The van der Waals surface area contributed by atoms with Crippen LogP contribution in [-0.2, 0) is 22.4 Å². The molecule has 2 amide bonds. The van der Waals surface area contributed by atoms with Gasteiger partial charge >= 0.3 is 6.09 Å². The molecule has 0 aliphatic carbocycles. The Morgan fingerprint density at radius 2 is 2.14 bits per heavy atom. The Morgan fingerprint density at radius 1 is 1.34 bits per heavy atom. The Balaban J connectivity index is 1.55. The Bertz CT molecular complexity index is 780. The van der Waals surface area contributed by atoms with E-state index in [0.29, 0.717) is 31.7 Å². The van der Waals surface area contributed by atoms with Crippen molar-refractivity contribution >= 4 is 12.0 Å². The van der Waals surface area contributed by atoms with Gasteiger partial charge in [0.1, 0.15) is 5.60 Å². The van der Waals surface area contributed by atoms with Crippen LogP contribution in [0.5, 0.6) is 0 Å². The molecule has 1 aromatic rings. The summed E-state index contributed by atoms with van der Waals surface area (Å²) in [5.41, 5.74) is 0.619. The van der Waals surface area contributed by atoms with Crippen molar-refractivity contribution in [3.63, 3.8) is 0 Å². The van der Waals surface area contributed by atoms with E-state index in [1.165, 1.54) is 0 Å². The highest BCUT2D eigenvalue weighted by molar-refractivity contribution is 5.95. The summed E-state index contributed by atoms with van der Waals surface area (Å²) in [6.07, 6.45) is 7.65. The first-order chi connectivity index (χ1) is 13.7.